The Bertz CT molecular complexity index is 354. The molecule has 7 heteroatoms. The lowest BCUT2D eigenvalue weighted by molar-refractivity contribution is -0.142. The number of esters is 1. The summed E-state index contributed by atoms with van der Waals surface area (Å²) in [5, 5.41) is 9.06. The third-order valence-electron chi connectivity index (χ3n) is 2.76. The van der Waals surface area contributed by atoms with E-state index >= 15 is 0 Å². The van der Waals surface area contributed by atoms with Crippen LogP contribution in [0.1, 0.15) is 26.2 Å². The lowest BCUT2D eigenvalue weighted by atomic mass is 10.2. The zero-order valence-corrected chi connectivity index (χ0v) is 10.8. The molecule has 100 valence electrons. The molecule has 1 atom stereocenters. The van der Waals surface area contributed by atoms with Crippen molar-refractivity contribution in [2.75, 3.05) is 25.5 Å². The lowest BCUT2D eigenvalue weighted by Gasteiger charge is -2.22. The number of aliphatic hydroxyl groups excluding tert-OH is 1. The average molecular weight is 265 g/mol. The van der Waals surface area contributed by atoms with Gasteiger partial charge in [0.05, 0.1) is 25.4 Å². The van der Waals surface area contributed by atoms with Crippen molar-refractivity contribution in [2.24, 2.45) is 0 Å². The van der Waals surface area contributed by atoms with E-state index in [1.807, 2.05) is 0 Å². The topological polar surface area (TPSA) is 83.9 Å². The SMILES string of the molecule is CCOC(=O)CCS(=O)(=O)N1CCCC1CO. The lowest BCUT2D eigenvalue weighted by Crippen LogP contribution is -2.39. The Labute approximate surface area is 102 Å². The predicted octanol–water partition coefficient (Wildman–Crippen LogP) is -0.274. The van der Waals surface area contributed by atoms with E-state index in [4.69, 9.17) is 5.11 Å². The van der Waals surface area contributed by atoms with Gasteiger partial charge in [-0.1, -0.05) is 0 Å². The molecule has 1 saturated heterocycles. The van der Waals surface area contributed by atoms with Gasteiger partial charge in [-0.15, -0.1) is 0 Å². The first kappa shape index (κ1) is 14.4. The molecule has 0 amide bonds. The fraction of sp³-hybridized carbons (Fsp3) is 0.900. The molecule has 0 saturated carbocycles. The number of carbonyl (C=O) groups is 1. The molecule has 0 spiro atoms. The molecule has 6 nitrogen and oxygen atoms in total. The van der Waals surface area contributed by atoms with E-state index in [1.54, 1.807) is 6.92 Å². The predicted molar refractivity (Wildman–Crippen MR) is 61.9 cm³/mol. The molecular weight excluding hydrogens is 246 g/mol. The Kier molecular flexibility index (Phi) is 5.35. The highest BCUT2D eigenvalue weighted by Crippen LogP contribution is 2.21. The van der Waals surface area contributed by atoms with Crippen LogP contribution in [0.5, 0.6) is 0 Å². The summed E-state index contributed by atoms with van der Waals surface area (Å²) in [4.78, 5) is 11.1. The minimum Gasteiger partial charge on any atom is -0.466 e. The second-order valence-electron chi connectivity index (χ2n) is 3.96. The molecule has 0 aromatic heterocycles. The van der Waals surface area contributed by atoms with Gasteiger partial charge in [0.15, 0.2) is 0 Å². The molecule has 1 fully saturated rings. The number of carbonyl (C=O) groups excluding carboxylic acids is 1. The fourth-order valence-corrected chi connectivity index (χ4v) is 3.61. The highest BCUT2D eigenvalue weighted by molar-refractivity contribution is 7.89. The molecule has 1 aliphatic rings. The first-order chi connectivity index (χ1) is 8.01. The monoisotopic (exact) mass is 265 g/mol. The van der Waals surface area contributed by atoms with Crippen LogP contribution >= 0.6 is 0 Å². The third-order valence-corrected chi connectivity index (χ3v) is 4.68. The van der Waals surface area contributed by atoms with E-state index in [0.29, 0.717) is 13.0 Å². The van der Waals surface area contributed by atoms with Crippen molar-refractivity contribution in [1.29, 1.82) is 0 Å². The van der Waals surface area contributed by atoms with Crippen molar-refractivity contribution in [2.45, 2.75) is 32.2 Å². The summed E-state index contributed by atoms with van der Waals surface area (Å²) in [6.45, 7) is 2.19. The number of sulfonamides is 1. The molecule has 1 rings (SSSR count). The molecule has 1 heterocycles. The molecule has 1 unspecified atom stereocenters. The van der Waals surface area contributed by atoms with Crippen molar-refractivity contribution in [3.8, 4) is 0 Å². The van der Waals surface area contributed by atoms with E-state index < -0.39 is 16.0 Å². The zero-order chi connectivity index (χ0) is 12.9. The minimum absolute atomic E-state index is 0.134. The van der Waals surface area contributed by atoms with Crippen LogP contribution in [0, 0.1) is 0 Å². The Morgan fingerprint density at radius 1 is 1.53 bits per heavy atom. The van der Waals surface area contributed by atoms with Crippen LogP contribution < -0.4 is 0 Å². The molecule has 1 N–H and O–H groups in total. The summed E-state index contributed by atoms with van der Waals surface area (Å²) in [6.07, 6.45) is 1.30. The van der Waals surface area contributed by atoms with Gasteiger partial charge in [-0.25, -0.2) is 8.42 Å². The maximum Gasteiger partial charge on any atom is 0.306 e. The number of hydrogen-bond acceptors (Lipinski definition) is 5. The van der Waals surface area contributed by atoms with Gasteiger partial charge in [0.1, 0.15) is 0 Å². The van der Waals surface area contributed by atoms with Gasteiger partial charge in [-0.3, -0.25) is 4.79 Å². The second kappa shape index (κ2) is 6.32. The summed E-state index contributed by atoms with van der Waals surface area (Å²) in [5.74, 6) is -0.752. The molecule has 0 aromatic carbocycles. The first-order valence-corrected chi connectivity index (χ1v) is 7.38. The zero-order valence-electron chi connectivity index (χ0n) is 9.96. The maximum atomic E-state index is 11.9. The number of rotatable bonds is 6. The van der Waals surface area contributed by atoms with E-state index in [-0.39, 0.29) is 31.4 Å². The summed E-state index contributed by atoms with van der Waals surface area (Å²) in [5.41, 5.74) is 0. The Morgan fingerprint density at radius 2 is 2.24 bits per heavy atom. The molecule has 17 heavy (non-hydrogen) atoms. The molecule has 0 bridgehead atoms. The van der Waals surface area contributed by atoms with E-state index in [9.17, 15) is 13.2 Å². The first-order valence-electron chi connectivity index (χ1n) is 5.77. The fourth-order valence-electron chi connectivity index (χ4n) is 1.92. The number of hydrogen-bond donors (Lipinski definition) is 1. The number of ether oxygens (including phenoxy) is 1. The van der Waals surface area contributed by atoms with Gasteiger partial charge >= 0.3 is 5.97 Å². The van der Waals surface area contributed by atoms with Crippen LogP contribution in [-0.2, 0) is 19.6 Å². The largest absolute Gasteiger partial charge is 0.466 e. The van der Waals surface area contributed by atoms with Gasteiger partial charge in [0.2, 0.25) is 10.0 Å². The van der Waals surface area contributed by atoms with Crippen LogP contribution in [0.25, 0.3) is 0 Å². The van der Waals surface area contributed by atoms with Crippen molar-refractivity contribution < 1.29 is 23.1 Å². The van der Waals surface area contributed by atoms with Crippen LogP contribution in [0.3, 0.4) is 0 Å². The van der Waals surface area contributed by atoms with Crippen LogP contribution in [-0.4, -0.2) is 55.4 Å². The normalized spacial score (nSPS) is 21.6. The van der Waals surface area contributed by atoms with Crippen LogP contribution in [0.4, 0.5) is 0 Å². The highest BCUT2D eigenvalue weighted by Gasteiger charge is 2.33. The minimum atomic E-state index is -3.46. The van der Waals surface area contributed by atoms with E-state index in [0.717, 1.165) is 6.42 Å². The van der Waals surface area contributed by atoms with Gasteiger partial charge in [0, 0.05) is 12.6 Å². The van der Waals surface area contributed by atoms with Gasteiger partial charge in [0.25, 0.3) is 0 Å². The van der Waals surface area contributed by atoms with Crippen LogP contribution in [0.15, 0.2) is 0 Å². The maximum absolute atomic E-state index is 11.9. The third kappa shape index (κ3) is 3.93. The van der Waals surface area contributed by atoms with Gasteiger partial charge < -0.3 is 9.84 Å². The van der Waals surface area contributed by atoms with Gasteiger partial charge in [-0.2, -0.15) is 4.31 Å². The number of aliphatic hydroxyl groups is 1. The Balaban J connectivity index is 2.53. The van der Waals surface area contributed by atoms with Crippen molar-refractivity contribution in [3.05, 3.63) is 0 Å². The van der Waals surface area contributed by atoms with Crippen LogP contribution in [0.2, 0.25) is 0 Å². The summed E-state index contributed by atoms with van der Waals surface area (Å²) < 4.78 is 29.8. The molecular formula is C10H19NO5S. The molecule has 0 aliphatic carbocycles. The summed E-state index contributed by atoms with van der Waals surface area (Å²) in [7, 11) is -3.46. The van der Waals surface area contributed by atoms with Crippen molar-refractivity contribution in [1.82, 2.24) is 4.31 Å². The molecule has 1 aliphatic heterocycles. The second-order valence-corrected chi connectivity index (χ2v) is 6.00. The summed E-state index contributed by atoms with van der Waals surface area (Å²) in [6, 6.07) is -0.331. The van der Waals surface area contributed by atoms with E-state index in [1.165, 1.54) is 4.31 Å². The standard InChI is InChI=1S/C10H19NO5S/c1-2-16-10(13)5-7-17(14,15)11-6-3-4-9(11)8-12/h9,12H,2-8H2,1H3. The quantitative estimate of drug-likeness (QED) is 0.668. The Morgan fingerprint density at radius 3 is 2.82 bits per heavy atom. The van der Waals surface area contributed by atoms with Gasteiger partial charge in [-0.05, 0) is 19.8 Å². The smallest absolute Gasteiger partial charge is 0.306 e. The Hall–Kier alpha value is -0.660. The highest BCUT2D eigenvalue weighted by atomic mass is 32.2. The average Bonchev–Trinajstić information content (AvgIpc) is 2.76. The van der Waals surface area contributed by atoms with Crippen molar-refractivity contribution in [3.63, 3.8) is 0 Å². The molecule has 0 radical (unpaired) electrons. The molecule has 0 aromatic rings. The van der Waals surface area contributed by atoms with Crippen molar-refractivity contribution >= 4 is 16.0 Å². The number of nitrogens with zero attached hydrogens (tertiary/aromatic N) is 1. The summed E-state index contributed by atoms with van der Waals surface area (Å²) >= 11 is 0. The van der Waals surface area contributed by atoms with E-state index in [2.05, 4.69) is 4.74 Å².